The van der Waals surface area contributed by atoms with Crippen molar-refractivity contribution in [1.82, 2.24) is 4.90 Å². The highest BCUT2D eigenvalue weighted by Gasteiger charge is 2.01. The van der Waals surface area contributed by atoms with E-state index in [-0.39, 0.29) is 0 Å². The van der Waals surface area contributed by atoms with Gasteiger partial charge in [0, 0.05) is 6.54 Å². The van der Waals surface area contributed by atoms with E-state index in [1.165, 1.54) is 50.9 Å². The Morgan fingerprint density at radius 2 is 1.69 bits per heavy atom. The number of nitrogens with zero attached hydrogens (tertiary/aromatic N) is 1. The molecule has 0 saturated heterocycles. The maximum absolute atomic E-state index is 2.56. The zero-order chi connectivity index (χ0) is 11.6. The van der Waals surface area contributed by atoms with Crippen molar-refractivity contribution in [3.63, 3.8) is 0 Å². The highest BCUT2D eigenvalue weighted by molar-refractivity contribution is 5.14. The first-order valence-corrected chi connectivity index (χ1v) is 6.63. The molecule has 0 saturated carbocycles. The number of benzene rings is 1. The lowest BCUT2D eigenvalue weighted by Gasteiger charge is -2.20. The van der Waals surface area contributed by atoms with Gasteiger partial charge in [-0.2, -0.15) is 0 Å². The Hall–Kier alpha value is -0.820. The summed E-state index contributed by atoms with van der Waals surface area (Å²) >= 11 is 0. The molecular weight excluding hydrogens is 194 g/mol. The van der Waals surface area contributed by atoms with Crippen LogP contribution in [0.2, 0.25) is 0 Å². The topological polar surface area (TPSA) is 3.24 Å². The minimum atomic E-state index is 1.18. The van der Waals surface area contributed by atoms with Crippen LogP contribution in [-0.2, 0) is 6.42 Å². The van der Waals surface area contributed by atoms with E-state index < -0.39 is 0 Å². The average molecular weight is 219 g/mol. The number of hydrogen-bond acceptors (Lipinski definition) is 1. The Balaban J connectivity index is 2.23. The molecule has 0 amide bonds. The van der Waals surface area contributed by atoms with Crippen LogP contribution in [0.4, 0.5) is 0 Å². The second-order valence-corrected chi connectivity index (χ2v) is 4.38. The maximum atomic E-state index is 2.56. The van der Waals surface area contributed by atoms with Crippen molar-refractivity contribution >= 4 is 0 Å². The monoisotopic (exact) mass is 219 g/mol. The molecule has 1 aromatic rings. The van der Waals surface area contributed by atoms with Crippen molar-refractivity contribution < 1.29 is 0 Å². The molecule has 0 unspecified atom stereocenters. The first kappa shape index (κ1) is 13.2. The summed E-state index contributed by atoms with van der Waals surface area (Å²) in [7, 11) is 0. The van der Waals surface area contributed by atoms with Crippen molar-refractivity contribution in [2.24, 2.45) is 0 Å². The number of rotatable bonds is 8. The first-order valence-electron chi connectivity index (χ1n) is 6.63. The third kappa shape index (κ3) is 5.32. The van der Waals surface area contributed by atoms with Crippen molar-refractivity contribution in [1.29, 1.82) is 0 Å². The van der Waals surface area contributed by atoms with E-state index in [0.717, 1.165) is 0 Å². The van der Waals surface area contributed by atoms with Gasteiger partial charge in [0.05, 0.1) is 0 Å². The van der Waals surface area contributed by atoms with E-state index in [2.05, 4.69) is 49.1 Å². The van der Waals surface area contributed by atoms with Gasteiger partial charge < -0.3 is 4.90 Å². The quantitative estimate of drug-likeness (QED) is 0.602. The van der Waals surface area contributed by atoms with Crippen molar-refractivity contribution in [3.05, 3.63) is 35.9 Å². The van der Waals surface area contributed by atoms with Gasteiger partial charge >= 0.3 is 0 Å². The molecule has 0 aliphatic carbocycles. The third-order valence-corrected chi connectivity index (χ3v) is 3.08. The molecule has 1 heteroatoms. The summed E-state index contributed by atoms with van der Waals surface area (Å²) in [5.74, 6) is 0. The van der Waals surface area contributed by atoms with Gasteiger partial charge in [-0.15, -0.1) is 0 Å². The molecule has 90 valence electrons. The minimum Gasteiger partial charge on any atom is -0.303 e. The normalized spacial score (nSPS) is 10.9. The lowest BCUT2D eigenvalue weighted by atomic mass is 10.1. The van der Waals surface area contributed by atoms with E-state index in [0.29, 0.717) is 0 Å². The summed E-state index contributed by atoms with van der Waals surface area (Å²) in [6.07, 6.45) is 5.21. The molecule has 1 rings (SSSR count). The molecule has 0 N–H and O–H groups in total. The summed E-state index contributed by atoms with van der Waals surface area (Å²) in [4.78, 5) is 2.56. The van der Waals surface area contributed by atoms with Crippen LogP contribution in [0, 0.1) is 0 Å². The Labute approximate surface area is 100 Å². The fraction of sp³-hybridized carbons (Fsp3) is 0.600. The molecule has 0 fully saturated rings. The van der Waals surface area contributed by atoms with E-state index in [1.807, 2.05) is 0 Å². The SMILES string of the molecule is CCCCCN(CC)CCc1ccccc1. The molecule has 0 aliphatic heterocycles. The Kier molecular flexibility index (Phi) is 6.91. The minimum absolute atomic E-state index is 1.18. The summed E-state index contributed by atoms with van der Waals surface area (Å²) in [6, 6.07) is 10.8. The maximum Gasteiger partial charge on any atom is 0.00217 e. The zero-order valence-corrected chi connectivity index (χ0v) is 10.8. The predicted molar refractivity (Wildman–Crippen MR) is 71.8 cm³/mol. The Morgan fingerprint density at radius 3 is 2.31 bits per heavy atom. The second-order valence-electron chi connectivity index (χ2n) is 4.38. The van der Waals surface area contributed by atoms with Gasteiger partial charge in [-0.25, -0.2) is 0 Å². The fourth-order valence-electron chi connectivity index (χ4n) is 1.95. The third-order valence-electron chi connectivity index (χ3n) is 3.08. The lowest BCUT2D eigenvalue weighted by molar-refractivity contribution is 0.285. The van der Waals surface area contributed by atoms with Gasteiger partial charge in [-0.1, -0.05) is 57.0 Å². The van der Waals surface area contributed by atoms with Crippen LogP contribution in [0.1, 0.15) is 38.7 Å². The highest BCUT2D eigenvalue weighted by atomic mass is 15.1. The average Bonchev–Trinajstić information content (AvgIpc) is 2.35. The molecular formula is C15H25N. The van der Waals surface area contributed by atoms with Gasteiger partial charge in [0.25, 0.3) is 0 Å². The number of hydrogen-bond donors (Lipinski definition) is 0. The molecule has 0 aromatic heterocycles. The van der Waals surface area contributed by atoms with Crippen LogP contribution in [0.25, 0.3) is 0 Å². The highest BCUT2D eigenvalue weighted by Crippen LogP contribution is 2.03. The Morgan fingerprint density at radius 1 is 0.938 bits per heavy atom. The fourth-order valence-corrected chi connectivity index (χ4v) is 1.95. The van der Waals surface area contributed by atoms with Crippen molar-refractivity contribution in [2.75, 3.05) is 19.6 Å². The van der Waals surface area contributed by atoms with Gasteiger partial charge in [0.1, 0.15) is 0 Å². The van der Waals surface area contributed by atoms with Crippen LogP contribution >= 0.6 is 0 Å². The van der Waals surface area contributed by atoms with E-state index in [1.54, 1.807) is 0 Å². The largest absolute Gasteiger partial charge is 0.303 e. The molecule has 0 atom stereocenters. The van der Waals surface area contributed by atoms with Crippen molar-refractivity contribution in [2.45, 2.75) is 39.5 Å². The molecule has 0 aliphatic rings. The summed E-state index contributed by atoms with van der Waals surface area (Å²) < 4.78 is 0. The van der Waals surface area contributed by atoms with Crippen molar-refractivity contribution in [3.8, 4) is 0 Å². The molecule has 0 heterocycles. The van der Waals surface area contributed by atoms with Crippen LogP contribution in [-0.4, -0.2) is 24.5 Å². The van der Waals surface area contributed by atoms with Crippen LogP contribution in [0.15, 0.2) is 30.3 Å². The van der Waals surface area contributed by atoms with E-state index in [4.69, 9.17) is 0 Å². The Bertz CT molecular complexity index is 255. The summed E-state index contributed by atoms with van der Waals surface area (Å²) in [5.41, 5.74) is 1.46. The van der Waals surface area contributed by atoms with Crippen LogP contribution in [0.3, 0.4) is 0 Å². The molecule has 16 heavy (non-hydrogen) atoms. The molecule has 1 nitrogen and oxygen atoms in total. The standard InChI is InChI=1S/C15H25N/c1-3-5-9-13-16(4-2)14-12-15-10-7-6-8-11-15/h6-8,10-11H,3-5,9,12-14H2,1-2H3. The first-order chi connectivity index (χ1) is 7.86. The van der Waals surface area contributed by atoms with Gasteiger partial charge in [0.2, 0.25) is 0 Å². The van der Waals surface area contributed by atoms with Gasteiger partial charge in [0.15, 0.2) is 0 Å². The van der Waals surface area contributed by atoms with Crippen LogP contribution < -0.4 is 0 Å². The molecule has 0 spiro atoms. The van der Waals surface area contributed by atoms with Crippen LogP contribution in [0.5, 0.6) is 0 Å². The van der Waals surface area contributed by atoms with E-state index in [9.17, 15) is 0 Å². The van der Waals surface area contributed by atoms with E-state index >= 15 is 0 Å². The van der Waals surface area contributed by atoms with Gasteiger partial charge in [-0.3, -0.25) is 0 Å². The number of likely N-dealkylation sites (N-methyl/N-ethyl adjacent to an activating group) is 1. The summed E-state index contributed by atoms with van der Waals surface area (Å²) in [6.45, 7) is 8.16. The zero-order valence-electron chi connectivity index (χ0n) is 10.8. The predicted octanol–water partition coefficient (Wildman–Crippen LogP) is 3.74. The smallest absolute Gasteiger partial charge is 0.00217 e. The lowest BCUT2D eigenvalue weighted by Crippen LogP contribution is -2.26. The molecule has 1 aromatic carbocycles. The summed E-state index contributed by atoms with van der Waals surface area (Å²) in [5, 5.41) is 0. The second kappa shape index (κ2) is 8.35. The number of unbranched alkanes of at least 4 members (excludes halogenated alkanes) is 2. The molecule has 0 bridgehead atoms. The molecule has 0 radical (unpaired) electrons. The van der Waals surface area contributed by atoms with Gasteiger partial charge in [-0.05, 0) is 31.5 Å².